The lowest BCUT2D eigenvalue weighted by atomic mass is 10.2. The first-order chi connectivity index (χ1) is 8.34. The third kappa shape index (κ3) is 1.94. The van der Waals surface area contributed by atoms with Crippen LogP contribution in [0.1, 0.15) is 0 Å². The van der Waals surface area contributed by atoms with Crippen molar-refractivity contribution in [3.63, 3.8) is 0 Å². The lowest BCUT2D eigenvalue weighted by Crippen LogP contribution is -1.97. The molecule has 0 amide bonds. The van der Waals surface area contributed by atoms with Gasteiger partial charge in [-0.2, -0.15) is 22.7 Å². The Kier molecular flexibility index (Phi) is 2.62. The van der Waals surface area contributed by atoms with Crippen molar-refractivity contribution in [3.8, 4) is 22.5 Å². The van der Waals surface area contributed by atoms with Crippen molar-refractivity contribution in [2.24, 2.45) is 0 Å². The Morgan fingerprint density at radius 2 is 1.71 bits per heavy atom. The van der Waals surface area contributed by atoms with E-state index in [0.29, 0.717) is 5.82 Å². The number of anilines is 1. The van der Waals surface area contributed by atoms with Crippen molar-refractivity contribution in [2.75, 3.05) is 5.73 Å². The lowest BCUT2D eigenvalue weighted by Gasteiger charge is -2.04. The number of hydrogen-bond donors (Lipinski definition) is 1. The molecule has 0 atom stereocenters. The van der Waals surface area contributed by atoms with Crippen LogP contribution in [-0.2, 0) is 0 Å². The molecule has 0 aliphatic carbocycles. The second kappa shape index (κ2) is 4.27. The summed E-state index contributed by atoms with van der Waals surface area (Å²) in [5.41, 5.74) is 9.60. The van der Waals surface area contributed by atoms with Crippen LogP contribution in [-0.4, -0.2) is 9.97 Å². The Hall–Kier alpha value is -1.72. The number of nitrogens with zero attached hydrogens (tertiary/aromatic N) is 2. The van der Waals surface area contributed by atoms with E-state index < -0.39 is 0 Å². The van der Waals surface area contributed by atoms with Gasteiger partial charge < -0.3 is 5.73 Å². The molecular formula is C12H9N3S2. The minimum atomic E-state index is 0.474. The van der Waals surface area contributed by atoms with Gasteiger partial charge in [0.25, 0.3) is 0 Å². The highest BCUT2D eigenvalue weighted by molar-refractivity contribution is 7.08. The molecule has 5 heteroatoms. The van der Waals surface area contributed by atoms with Gasteiger partial charge in [0, 0.05) is 21.9 Å². The zero-order chi connectivity index (χ0) is 11.7. The third-order valence-electron chi connectivity index (χ3n) is 2.41. The summed E-state index contributed by atoms with van der Waals surface area (Å²) in [6.07, 6.45) is 1.72. The number of rotatable bonds is 2. The first-order valence-corrected chi connectivity index (χ1v) is 6.91. The second-order valence-electron chi connectivity index (χ2n) is 3.51. The van der Waals surface area contributed by atoms with Crippen molar-refractivity contribution < 1.29 is 0 Å². The van der Waals surface area contributed by atoms with Crippen LogP contribution >= 0.6 is 22.7 Å². The van der Waals surface area contributed by atoms with Crippen molar-refractivity contribution in [3.05, 3.63) is 39.8 Å². The highest BCUT2D eigenvalue weighted by Crippen LogP contribution is 2.28. The van der Waals surface area contributed by atoms with Crippen LogP contribution in [0.2, 0.25) is 0 Å². The molecule has 84 valence electrons. The summed E-state index contributed by atoms with van der Waals surface area (Å²) in [6.45, 7) is 0. The van der Waals surface area contributed by atoms with Gasteiger partial charge in [0.15, 0.2) is 0 Å². The Balaban J connectivity index is 2.13. The molecule has 0 aliphatic heterocycles. The van der Waals surface area contributed by atoms with Crippen LogP contribution < -0.4 is 5.73 Å². The molecule has 0 unspecified atom stereocenters. The molecule has 0 radical (unpaired) electrons. The number of hydrogen-bond acceptors (Lipinski definition) is 5. The summed E-state index contributed by atoms with van der Waals surface area (Å²) in [4.78, 5) is 8.80. The molecule has 2 N–H and O–H groups in total. The Morgan fingerprint density at radius 1 is 1.00 bits per heavy atom. The van der Waals surface area contributed by atoms with E-state index in [0.717, 1.165) is 22.5 Å². The highest BCUT2D eigenvalue weighted by Gasteiger charge is 2.09. The zero-order valence-electron chi connectivity index (χ0n) is 8.83. The Labute approximate surface area is 107 Å². The summed E-state index contributed by atoms with van der Waals surface area (Å²) in [7, 11) is 0. The molecule has 0 bridgehead atoms. The summed E-state index contributed by atoms with van der Waals surface area (Å²) in [5, 5.41) is 8.11. The first-order valence-electron chi connectivity index (χ1n) is 5.02. The quantitative estimate of drug-likeness (QED) is 0.766. The molecule has 3 aromatic rings. The summed E-state index contributed by atoms with van der Waals surface area (Å²) in [6, 6.07) is 4.03. The fourth-order valence-electron chi connectivity index (χ4n) is 1.56. The Bertz CT molecular complexity index is 615. The smallest absolute Gasteiger partial charge is 0.150 e. The molecule has 0 spiro atoms. The minimum absolute atomic E-state index is 0.474. The highest BCUT2D eigenvalue weighted by atomic mass is 32.1. The Morgan fingerprint density at radius 3 is 2.35 bits per heavy atom. The number of nitrogen functional groups attached to an aromatic ring is 1. The maximum absolute atomic E-state index is 5.87. The van der Waals surface area contributed by atoms with Crippen LogP contribution in [0.3, 0.4) is 0 Å². The minimum Gasteiger partial charge on any atom is -0.382 e. The monoisotopic (exact) mass is 259 g/mol. The van der Waals surface area contributed by atoms with Crippen LogP contribution in [0.25, 0.3) is 22.5 Å². The number of thiophene rings is 2. The van der Waals surface area contributed by atoms with E-state index in [4.69, 9.17) is 5.73 Å². The lowest BCUT2D eigenvalue weighted by molar-refractivity contribution is 1.22. The number of aromatic nitrogens is 2. The average Bonchev–Trinajstić information content (AvgIpc) is 3.03. The van der Waals surface area contributed by atoms with E-state index in [1.807, 2.05) is 28.3 Å². The predicted octanol–water partition coefficient (Wildman–Crippen LogP) is 3.52. The van der Waals surface area contributed by atoms with E-state index in [1.165, 1.54) is 0 Å². The molecule has 3 aromatic heterocycles. The van der Waals surface area contributed by atoms with E-state index in [2.05, 4.69) is 15.3 Å². The zero-order valence-corrected chi connectivity index (χ0v) is 10.5. The van der Waals surface area contributed by atoms with Crippen LogP contribution in [0.4, 0.5) is 5.82 Å². The van der Waals surface area contributed by atoms with E-state index in [-0.39, 0.29) is 0 Å². The summed E-state index contributed by atoms with van der Waals surface area (Å²) >= 11 is 3.27. The fraction of sp³-hybridized carbons (Fsp3) is 0. The van der Waals surface area contributed by atoms with Gasteiger partial charge in [-0.3, -0.25) is 0 Å². The van der Waals surface area contributed by atoms with Crippen LogP contribution in [0, 0.1) is 0 Å². The van der Waals surface area contributed by atoms with E-state index in [1.54, 1.807) is 28.9 Å². The maximum atomic E-state index is 5.87. The summed E-state index contributed by atoms with van der Waals surface area (Å²) in [5.74, 6) is 0.474. The topological polar surface area (TPSA) is 51.8 Å². The van der Waals surface area contributed by atoms with Gasteiger partial charge in [0.05, 0.1) is 11.9 Å². The molecular weight excluding hydrogens is 250 g/mol. The molecule has 3 nitrogen and oxygen atoms in total. The maximum Gasteiger partial charge on any atom is 0.150 e. The van der Waals surface area contributed by atoms with Gasteiger partial charge in [0.2, 0.25) is 0 Å². The summed E-state index contributed by atoms with van der Waals surface area (Å²) < 4.78 is 0. The normalized spacial score (nSPS) is 10.6. The molecule has 0 fully saturated rings. The fourth-order valence-corrected chi connectivity index (χ4v) is 2.85. The van der Waals surface area contributed by atoms with Crippen LogP contribution in [0.5, 0.6) is 0 Å². The van der Waals surface area contributed by atoms with Gasteiger partial charge in [-0.15, -0.1) is 0 Å². The standard InChI is InChI=1S/C12H9N3S2/c13-12-11(9-2-4-17-7-9)15-10(5-14-12)8-1-3-16-6-8/h1-7H,(H2,13,14). The van der Waals surface area contributed by atoms with Crippen molar-refractivity contribution in [1.82, 2.24) is 9.97 Å². The second-order valence-corrected chi connectivity index (χ2v) is 5.07. The van der Waals surface area contributed by atoms with Crippen molar-refractivity contribution >= 4 is 28.5 Å². The van der Waals surface area contributed by atoms with Crippen molar-refractivity contribution in [1.29, 1.82) is 0 Å². The van der Waals surface area contributed by atoms with Gasteiger partial charge in [0.1, 0.15) is 11.5 Å². The van der Waals surface area contributed by atoms with Gasteiger partial charge in [-0.1, -0.05) is 0 Å². The first kappa shape index (κ1) is 10.4. The molecule has 0 saturated heterocycles. The van der Waals surface area contributed by atoms with Gasteiger partial charge in [-0.25, -0.2) is 9.97 Å². The average molecular weight is 259 g/mol. The van der Waals surface area contributed by atoms with Crippen molar-refractivity contribution in [2.45, 2.75) is 0 Å². The van der Waals surface area contributed by atoms with E-state index in [9.17, 15) is 0 Å². The SMILES string of the molecule is Nc1ncc(-c2ccsc2)nc1-c1ccsc1. The van der Waals surface area contributed by atoms with E-state index >= 15 is 0 Å². The largest absolute Gasteiger partial charge is 0.382 e. The van der Waals surface area contributed by atoms with Gasteiger partial charge >= 0.3 is 0 Å². The van der Waals surface area contributed by atoms with Crippen LogP contribution in [0.15, 0.2) is 39.8 Å². The molecule has 3 rings (SSSR count). The molecule has 17 heavy (non-hydrogen) atoms. The molecule has 0 saturated carbocycles. The van der Waals surface area contributed by atoms with Gasteiger partial charge in [-0.05, 0) is 22.9 Å². The molecule has 0 aliphatic rings. The molecule has 0 aromatic carbocycles. The predicted molar refractivity (Wildman–Crippen MR) is 73.1 cm³/mol. The third-order valence-corrected chi connectivity index (χ3v) is 3.78. The number of nitrogens with two attached hydrogens (primary N) is 1. The molecule has 3 heterocycles.